The maximum absolute atomic E-state index is 12.3. The normalized spacial score (nSPS) is 15.6. The van der Waals surface area contributed by atoms with Crippen molar-refractivity contribution in [3.8, 4) is 0 Å². The van der Waals surface area contributed by atoms with Gasteiger partial charge in [0.25, 0.3) is 5.91 Å². The first-order valence-corrected chi connectivity index (χ1v) is 7.27. The van der Waals surface area contributed by atoms with Crippen molar-refractivity contribution in [3.63, 3.8) is 0 Å². The summed E-state index contributed by atoms with van der Waals surface area (Å²) < 4.78 is 0. The molecule has 0 spiro atoms. The fraction of sp³-hybridized carbons (Fsp3) is 0.643. The van der Waals surface area contributed by atoms with Gasteiger partial charge < -0.3 is 15.5 Å². The zero-order valence-electron chi connectivity index (χ0n) is 12.8. The molecule has 1 aromatic rings. The number of nitrogens with two attached hydrogens (primary N) is 1. The molecular weight excluding hydrogens is 270 g/mol. The van der Waals surface area contributed by atoms with Crippen molar-refractivity contribution in [2.45, 2.75) is 27.2 Å². The summed E-state index contributed by atoms with van der Waals surface area (Å²) >= 11 is 0. The minimum atomic E-state index is -0.173. The van der Waals surface area contributed by atoms with Crippen LogP contribution in [-0.2, 0) is 4.79 Å². The van der Waals surface area contributed by atoms with Gasteiger partial charge in [-0.15, -0.1) is 0 Å². The number of carbonyl (C=O) groups excluding carboxylic acids is 2. The number of nitrogens with zero attached hydrogens (tertiary/aromatic N) is 3. The fourth-order valence-corrected chi connectivity index (χ4v) is 2.39. The van der Waals surface area contributed by atoms with Crippen LogP contribution in [0.15, 0.2) is 0 Å². The van der Waals surface area contributed by atoms with Gasteiger partial charge in [0, 0.05) is 32.6 Å². The Labute approximate surface area is 124 Å². The summed E-state index contributed by atoms with van der Waals surface area (Å²) in [5.74, 6) is 0.337. The van der Waals surface area contributed by atoms with Crippen molar-refractivity contribution in [1.29, 1.82) is 0 Å². The number of amides is 2. The number of aromatic amines is 1. The quantitative estimate of drug-likeness (QED) is 0.854. The monoisotopic (exact) mass is 293 g/mol. The second kappa shape index (κ2) is 6.15. The van der Waals surface area contributed by atoms with E-state index >= 15 is 0 Å². The molecule has 21 heavy (non-hydrogen) atoms. The number of aryl methyl sites for hydroxylation is 1. The van der Waals surface area contributed by atoms with E-state index in [1.807, 2.05) is 18.7 Å². The molecule has 2 heterocycles. The van der Waals surface area contributed by atoms with Crippen LogP contribution in [0, 0.1) is 12.8 Å². The number of hydrogen-bond acceptors (Lipinski definition) is 4. The fourth-order valence-electron chi connectivity index (χ4n) is 2.39. The van der Waals surface area contributed by atoms with Gasteiger partial charge in [0.1, 0.15) is 0 Å². The predicted octanol–water partition coefficient (Wildman–Crippen LogP) is 0.631. The zero-order chi connectivity index (χ0) is 15.6. The van der Waals surface area contributed by atoms with Gasteiger partial charge in [-0.05, 0) is 12.8 Å². The van der Waals surface area contributed by atoms with Gasteiger partial charge >= 0.3 is 0 Å². The first-order chi connectivity index (χ1) is 9.90. The SMILES string of the molecule is Cc1[nH]nc(C(=O)N2CCN(C(=O)CC(C)C)CC2)c1N. The summed E-state index contributed by atoms with van der Waals surface area (Å²) in [6.45, 7) is 8.02. The Morgan fingerprint density at radius 2 is 1.81 bits per heavy atom. The number of H-pyrrole nitrogens is 1. The highest BCUT2D eigenvalue weighted by molar-refractivity contribution is 5.97. The average Bonchev–Trinajstić information content (AvgIpc) is 2.78. The van der Waals surface area contributed by atoms with Gasteiger partial charge in [0.2, 0.25) is 5.91 Å². The lowest BCUT2D eigenvalue weighted by Crippen LogP contribution is -2.50. The van der Waals surface area contributed by atoms with E-state index in [0.29, 0.717) is 49.9 Å². The molecule has 1 saturated heterocycles. The van der Waals surface area contributed by atoms with Crippen LogP contribution in [0.4, 0.5) is 5.69 Å². The van der Waals surface area contributed by atoms with Crippen LogP contribution in [0.3, 0.4) is 0 Å². The van der Waals surface area contributed by atoms with Crippen LogP contribution < -0.4 is 5.73 Å². The van der Waals surface area contributed by atoms with Crippen LogP contribution in [-0.4, -0.2) is 58.0 Å². The summed E-state index contributed by atoms with van der Waals surface area (Å²) in [6, 6.07) is 0. The summed E-state index contributed by atoms with van der Waals surface area (Å²) in [7, 11) is 0. The molecule has 0 atom stereocenters. The third kappa shape index (κ3) is 3.34. The lowest BCUT2D eigenvalue weighted by Gasteiger charge is -2.34. The maximum atomic E-state index is 12.3. The third-order valence-corrected chi connectivity index (χ3v) is 3.70. The van der Waals surface area contributed by atoms with Gasteiger partial charge in [-0.1, -0.05) is 13.8 Å². The van der Waals surface area contributed by atoms with E-state index in [9.17, 15) is 9.59 Å². The molecular formula is C14H23N5O2. The summed E-state index contributed by atoms with van der Waals surface area (Å²) in [4.78, 5) is 27.9. The lowest BCUT2D eigenvalue weighted by molar-refractivity contribution is -0.133. The smallest absolute Gasteiger partial charge is 0.276 e. The highest BCUT2D eigenvalue weighted by Crippen LogP contribution is 2.16. The van der Waals surface area contributed by atoms with Gasteiger partial charge in [-0.2, -0.15) is 5.10 Å². The van der Waals surface area contributed by atoms with Crippen LogP contribution in [0.2, 0.25) is 0 Å². The Morgan fingerprint density at radius 3 is 2.29 bits per heavy atom. The second-order valence-corrected chi connectivity index (χ2v) is 5.88. The Morgan fingerprint density at radius 1 is 1.24 bits per heavy atom. The first kappa shape index (κ1) is 15.3. The van der Waals surface area contributed by atoms with Gasteiger partial charge in [-0.25, -0.2) is 0 Å². The molecule has 1 aliphatic heterocycles. The van der Waals surface area contributed by atoms with Crippen LogP contribution in [0.25, 0.3) is 0 Å². The van der Waals surface area contributed by atoms with Crippen molar-refractivity contribution >= 4 is 17.5 Å². The number of aromatic nitrogens is 2. The standard InChI is InChI=1S/C14H23N5O2/c1-9(2)8-11(20)18-4-6-19(7-5-18)14(21)13-12(15)10(3)16-17-13/h9H,4-8,15H2,1-3H3,(H,16,17). The van der Waals surface area contributed by atoms with E-state index < -0.39 is 0 Å². The average molecular weight is 293 g/mol. The number of nitrogens with one attached hydrogen (secondary N) is 1. The van der Waals surface area contributed by atoms with Crippen LogP contribution in [0.5, 0.6) is 0 Å². The Bertz CT molecular complexity index is 529. The van der Waals surface area contributed by atoms with Crippen molar-refractivity contribution < 1.29 is 9.59 Å². The molecule has 7 nitrogen and oxygen atoms in total. The Hall–Kier alpha value is -2.05. The van der Waals surface area contributed by atoms with E-state index in [0.717, 1.165) is 0 Å². The molecule has 0 bridgehead atoms. The number of hydrogen-bond donors (Lipinski definition) is 2. The van der Waals surface area contributed by atoms with Gasteiger partial charge in [-0.3, -0.25) is 14.7 Å². The molecule has 7 heteroatoms. The largest absolute Gasteiger partial charge is 0.395 e. The van der Waals surface area contributed by atoms with Crippen LogP contribution >= 0.6 is 0 Å². The summed E-state index contributed by atoms with van der Waals surface area (Å²) in [6.07, 6.45) is 0.555. The molecule has 2 rings (SSSR count). The van der Waals surface area contributed by atoms with E-state index in [1.54, 1.807) is 11.8 Å². The lowest BCUT2D eigenvalue weighted by atomic mass is 10.1. The van der Waals surface area contributed by atoms with E-state index in [4.69, 9.17) is 5.73 Å². The molecule has 1 aliphatic rings. The highest BCUT2D eigenvalue weighted by atomic mass is 16.2. The molecule has 1 fully saturated rings. The van der Waals surface area contributed by atoms with Crippen molar-refractivity contribution in [2.24, 2.45) is 5.92 Å². The molecule has 0 radical (unpaired) electrons. The van der Waals surface area contributed by atoms with Crippen LogP contribution in [0.1, 0.15) is 36.5 Å². The Kier molecular flexibility index (Phi) is 4.50. The molecule has 0 aliphatic carbocycles. The summed E-state index contributed by atoms with van der Waals surface area (Å²) in [5.41, 5.74) is 7.21. The molecule has 2 amide bonds. The van der Waals surface area contributed by atoms with Crippen molar-refractivity contribution in [2.75, 3.05) is 31.9 Å². The summed E-state index contributed by atoms with van der Waals surface area (Å²) in [5, 5.41) is 6.68. The number of carbonyl (C=O) groups is 2. The van der Waals surface area contributed by atoms with Crippen molar-refractivity contribution in [1.82, 2.24) is 20.0 Å². The van der Waals surface area contributed by atoms with Gasteiger partial charge in [0.15, 0.2) is 5.69 Å². The zero-order valence-corrected chi connectivity index (χ0v) is 12.8. The van der Waals surface area contributed by atoms with E-state index in [-0.39, 0.29) is 17.5 Å². The minimum absolute atomic E-state index is 0.159. The first-order valence-electron chi connectivity index (χ1n) is 7.27. The predicted molar refractivity (Wildman–Crippen MR) is 79.7 cm³/mol. The number of rotatable bonds is 3. The number of anilines is 1. The highest BCUT2D eigenvalue weighted by Gasteiger charge is 2.27. The molecule has 1 aromatic heterocycles. The molecule has 0 unspecified atom stereocenters. The maximum Gasteiger partial charge on any atom is 0.276 e. The molecule has 116 valence electrons. The molecule has 0 saturated carbocycles. The second-order valence-electron chi connectivity index (χ2n) is 5.88. The van der Waals surface area contributed by atoms with Crippen molar-refractivity contribution in [3.05, 3.63) is 11.4 Å². The number of piperazine rings is 1. The molecule has 3 N–H and O–H groups in total. The molecule has 0 aromatic carbocycles. The topological polar surface area (TPSA) is 95.3 Å². The number of nitrogen functional groups attached to an aromatic ring is 1. The van der Waals surface area contributed by atoms with E-state index in [1.165, 1.54) is 0 Å². The van der Waals surface area contributed by atoms with E-state index in [2.05, 4.69) is 10.2 Å². The third-order valence-electron chi connectivity index (χ3n) is 3.70. The van der Waals surface area contributed by atoms with Gasteiger partial charge in [0.05, 0.1) is 11.4 Å². The minimum Gasteiger partial charge on any atom is -0.395 e. The Balaban J connectivity index is 1.93.